The Balaban J connectivity index is 1.94. The number of rotatable bonds is 0. The second kappa shape index (κ2) is 3.07. The van der Waals surface area contributed by atoms with Crippen LogP contribution >= 0.6 is 11.3 Å². The fourth-order valence-electron chi connectivity index (χ4n) is 2.23. The molecule has 1 amide bonds. The highest BCUT2D eigenvalue weighted by atomic mass is 32.1. The third-order valence-corrected chi connectivity index (χ3v) is 3.87. The molecule has 0 radical (unpaired) electrons. The van der Waals surface area contributed by atoms with E-state index in [2.05, 4.69) is 16.8 Å². The molecule has 2 aliphatic rings. The predicted molar refractivity (Wildman–Crippen MR) is 53.3 cm³/mol. The lowest BCUT2D eigenvalue weighted by Crippen LogP contribution is -2.49. The molecule has 0 aromatic carbocycles. The number of hydrogen-bond donors (Lipinski definition) is 1. The van der Waals surface area contributed by atoms with Crippen molar-refractivity contribution in [2.45, 2.75) is 25.0 Å². The summed E-state index contributed by atoms with van der Waals surface area (Å²) in [5.74, 6) is 0.0185. The third-order valence-electron chi connectivity index (χ3n) is 2.87. The number of carbonyl (C=O) groups excluding carboxylic acids is 1. The van der Waals surface area contributed by atoms with Crippen LogP contribution < -0.4 is 5.32 Å². The number of nitrogens with one attached hydrogen (secondary N) is 1. The van der Waals surface area contributed by atoms with Crippen molar-refractivity contribution in [2.24, 2.45) is 0 Å². The van der Waals surface area contributed by atoms with E-state index in [0.29, 0.717) is 0 Å². The van der Waals surface area contributed by atoms with Crippen molar-refractivity contribution in [1.82, 2.24) is 5.32 Å². The highest BCUT2D eigenvalue weighted by Crippen LogP contribution is 2.37. The molecule has 3 nitrogen and oxygen atoms in total. The van der Waals surface area contributed by atoms with Gasteiger partial charge in [-0.05, 0) is 29.9 Å². The lowest BCUT2D eigenvalue weighted by atomic mass is 9.90. The Morgan fingerprint density at radius 1 is 1.57 bits per heavy atom. The molecule has 1 aromatic rings. The van der Waals surface area contributed by atoms with Gasteiger partial charge in [-0.1, -0.05) is 0 Å². The van der Waals surface area contributed by atoms with E-state index >= 15 is 0 Å². The molecule has 2 heterocycles. The van der Waals surface area contributed by atoms with E-state index in [1.165, 1.54) is 10.4 Å². The second-order valence-electron chi connectivity index (χ2n) is 3.74. The summed E-state index contributed by atoms with van der Waals surface area (Å²) in [4.78, 5) is 12.6. The molecular formula is C10H11NO2S. The van der Waals surface area contributed by atoms with E-state index in [4.69, 9.17) is 4.74 Å². The van der Waals surface area contributed by atoms with Gasteiger partial charge >= 0.3 is 0 Å². The summed E-state index contributed by atoms with van der Waals surface area (Å²) in [5, 5.41) is 5.09. The Bertz CT molecular complexity index is 374. The van der Waals surface area contributed by atoms with E-state index in [1.807, 2.05) is 0 Å². The zero-order valence-corrected chi connectivity index (χ0v) is 8.47. The van der Waals surface area contributed by atoms with Crippen molar-refractivity contribution < 1.29 is 9.53 Å². The molecule has 1 aliphatic heterocycles. The van der Waals surface area contributed by atoms with Crippen molar-refractivity contribution >= 4 is 17.2 Å². The van der Waals surface area contributed by atoms with Crippen LogP contribution in [0, 0.1) is 0 Å². The van der Waals surface area contributed by atoms with Crippen molar-refractivity contribution in [1.29, 1.82) is 0 Å². The summed E-state index contributed by atoms with van der Waals surface area (Å²) in [5.41, 5.74) is 1.28. The zero-order chi connectivity index (χ0) is 9.54. The number of thiophene rings is 1. The molecule has 1 aromatic heterocycles. The molecule has 1 N–H and O–H groups in total. The molecular weight excluding hydrogens is 198 g/mol. The van der Waals surface area contributed by atoms with Gasteiger partial charge in [0.2, 0.25) is 5.91 Å². The summed E-state index contributed by atoms with van der Waals surface area (Å²) in [7, 11) is 0. The van der Waals surface area contributed by atoms with Gasteiger partial charge in [0, 0.05) is 4.88 Å². The number of amides is 1. The Morgan fingerprint density at radius 3 is 3.43 bits per heavy atom. The second-order valence-corrected chi connectivity index (χ2v) is 4.74. The molecule has 74 valence electrons. The summed E-state index contributed by atoms with van der Waals surface area (Å²) >= 11 is 1.79. The molecule has 14 heavy (non-hydrogen) atoms. The van der Waals surface area contributed by atoms with Crippen LogP contribution in [0.5, 0.6) is 0 Å². The highest BCUT2D eigenvalue weighted by molar-refractivity contribution is 7.10. The van der Waals surface area contributed by atoms with E-state index in [1.54, 1.807) is 11.3 Å². The first kappa shape index (κ1) is 8.44. The average Bonchev–Trinajstić information content (AvgIpc) is 2.65. The number of aryl methyl sites for hydroxylation is 1. The molecule has 0 spiro atoms. The lowest BCUT2D eigenvalue weighted by Gasteiger charge is -2.35. The van der Waals surface area contributed by atoms with Crippen LogP contribution in [0.25, 0.3) is 0 Å². The largest absolute Gasteiger partial charge is 0.362 e. The maximum absolute atomic E-state index is 11.1. The number of hydrogen-bond acceptors (Lipinski definition) is 3. The molecule has 3 rings (SSSR count). The van der Waals surface area contributed by atoms with Crippen LogP contribution in [-0.2, 0) is 16.0 Å². The number of carbonyl (C=O) groups is 1. The van der Waals surface area contributed by atoms with Crippen LogP contribution in [0.4, 0.5) is 0 Å². The number of morpholine rings is 1. The van der Waals surface area contributed by atoms with Gasteiger partial charge in [-0.2, -0.15) is 0 Å². The van der Waals surface area contributed by atoms with Crippen LogP contribution in [0.1, 0.15) is 23.0 Å². The Morgan fingerprint density at radius 2 is 2.50 bits per heavy atom. The van der Waals surface area contributed by atoms with Gasteiger partial charge in [0.15, 0.2) is 0 Å². The van der Waals surface area contributed by atoms with Crippen LogP contribution in [-0.4, -0.2) is 18.6 Å². The number of ether oxygens (including phenoxy) is 1. The standard InChI is InChI=1S/C10H11NO2S/c12-9-5-13-10-6-3-4-14-8(6)2-1-7(10)11-9/h3-4,7,10H,1-2,5H2,(H,11,12)/t7-,10-/m1/s1. The summed E-state index contributed by atoms with van der Waals surface area (Å²) < 4.78 is 5.57. The average molecular weight is 209 g/mol. The minimum absolute atomic E-state index is 0.0185. The van der Waals surface area contributed by atoms with Gasteiger partial charge in [0.25, 0.3) is 0 Å². The Kier molecular flexibility index (Phi) is 1.85. The lowest BCUT2D eigenvalue weighted by molar-refractivity contribution is -0.137. The molecule has 0 unspecified atom stereocenters. The Labute approximate surface area is 86.1 Å². The highest BCUT2D eigenvalue weighted by Gasteiger charge is 2.35. The predicted octanol–water partition coefficient (Wildman–Crippen LogP) is 1.25. The topological polar surface area (TPSA) is 38.3 Å². The third kappa shape index (κ3) is 1.18. The van der Waals surface area contributed by atoms with Crippen LogP contribution in [0.15, 0.2) is 11.4 Å². The van der Waals surface area contributed by atoms with E-state index in [-0.39, 0.29) is 24.7 Å². The van der Waals surface area contributed by atoms with E-state index in [0.717, 1.165) is 12.8 Å². The Hall–Kier alpha value is -0.870. The van der Waals surface area contributed by atoms with Gasteiger partial charge in [-0.15, -0.1) is 11.3 Å². The molecule has 1 aliphatic carbocycles. The molecule has 2 atom stereocenters. The van der Waals surface area contributed by atoms with Crippen LogP contribution in [0.2, 0.25) is 0 Å². The van der Waals surface area contributed by atoms with Gasteiger partial charge in [0.05, 0.1) is 6.04 Å². The van der Waals surface area contributed by atoms with Gasteiger partial charge in [-0.25, -0.2) is 0 Å². The van der Waals surface area contributed by atoms with Crippen LogP contribution in [0.3, 0.4) is 0 Å². The summed E-state index contributed by atoms with van der Waals surface area (Å²) in [6.07, 6.45) is 2.17. The molecule has 4 heteroatoms. The van der Waals surface area contributed by atoms with Gasteiger partial charge in [0.1, 0.15) is 12.7 Å². The van der Waals surface area contributed by atoms with Crippen molar-refractivity contribution in [3.63, 3.8) is 0 Å². The monoisotopic (exact) mass is 209 g/mol. The van der Waals surface area contributed by atoms with Gasteiger partial charge < -0.3 is 10.1 Å². The number of fused-ring (bicyclic) bond motifs is 3. The van der Waals surface area contributed by atoms with Gasteiger partial charge in [-0.3, -0.25) is 4.79 Å². The first-order valence-electron chi connectivity index (χ1n) is 4.82. The molecule has 0 saturated carbocycles. The van der Waals surface area contributed by atoms with Crippen molar-refractivity contribution in [2.75, 3.05) is 6.61 Å². The minimum Gasteiger partial charge on any atom is -0.362 e. The summed E-state index contributed by atoms with van der Waals surface area (Å²) in [6.45, 7) is 0.205. The smallest absolute Gasteiger partial charge is 0.246 e. The normalized spacial score (nSPS) is 30.4. The quantitative estimate of drug-likeness (QED) is 0.698. The molecule has 1 fully saturated rings. The first-order valence-corrected chi connectivity index (χ1v) is 5.70. The maximum Gasteiger partial charge on any atom is 0.246 e. The molecule has 0 bridgehead atoms. The maximum atomic E-state index is 11.1. The SMILES string of the molecule is O=C1CO[C@@H]2c3ccsc3CC[C@H]2N1. The fourth-order valence-corrected chi connectivity index (χ4v) is 3.16. The van der Waals surface area contributed by atoms with E-state index < -0.39 is 0 Å². The fraction of sp³-hybridized carbons (Fsp3) is 0.500. The summed E-state index contributed by atoms with van der Waals surface area (Å²) in [6, 6.07) is 2.31. The zero-order valence-electron chi connectivity index (χ0n) is 7.66. The van der Waals surface area contributed by atoms with E-state index in [9.17, 15) is 4.79 Å². The van der Waals surface area contributed by atoms with Crippen molar-refractivity contribution in [3.05, 3.63) is 21.9 Å². The molecule has 1 saturated heterocycles. The first-order chi connectivity index (χ1) is 6.84. The van der Waals surface area contributed by atoms with Crippen molar-refractivity contribution in [3.8, 4) is 0 Å². The minimum atomic E-state index is 0.0185.